The Hall–Kier alpha value is -2.15. The van der Waals surface area contributed by atoms with Crippen LogP contribution in [0.15, 0.2) is 22.6 Å². The van der Waals surface area contributed by atoms with Crippen LogP contribution in [0.4, 0.5) is 11.7 Å². The number of nitrogens with one attached hydrogen (secondary N) is 1. The van der Waals surface area contributed by atoms with Crippen LogP contribution >= 0.6 is 0 Å². The summed E-state index contributed by atoms with van der Waals surface area (Å²) in [6.45, 7) is 4.75. The van der Waals surface area contributed by atoms with Crippen LogP contribution in [0.1, 0.15) is 13.3 Å². The molecule has 7 heteroatoms. The minimum Gasteiger partial charge on any atom is -0.423 e. The molecule has 0 aliphatic carbocycles. The summed E-state index contributed by atoms with van der Waals surface area (Å²) in [5.74, 6) is 0. The molecule has 2 heterocycles. The van der Waals surface area contributed by atoms with Crippen LogP contribution in [-0.2, 0) is 0 Å². The second-order valence-corrected chi connectivity index (χ2v) is 4.84. The lowest BCUT2D eigenvalue weighted by molar-refractivity contribution is -0.384. The minimum absolute atomic E-state index is 0.0192. The van der Waals surface area contributed by atoms with E-state index in [1.165, 1.54) is 12.1 Å². The van der Waals surface area contributed by atoms with Gasteiger partial charge in [-0.15, -0.1) is 0 Å². The zero-order valence-electron chi connectivity index (χ0n) is 11.2. The van der Waals surface area contributed by atoms with Crippen molar-refractivity contribution >= 4 is 22.8 Å². The zero-order chi connectivity index (χ0) is 14.1. The molecule has 106 valence electrons. The Morgan fingerprint density at radius 1 is 1.60 bits per heavy atom. The van der Waals surface area contributed by atoms with Gasteiger partial charge in [-0.1, -0.05) is 0 Å². The molecule has 1 aliphatic heterocycles. The fourth-order valence-electron chi connectivity index (χ4n) is 2.59. The maximum Gasteiger partial charge on any atom is 0.298 e. The van der Waals surface area contributed by atoms with Gasteiger partial charge in [-0.2, -0.15) is 4.98 Å². The van der Waals surface area contributed by atoms with Gasteiger partial charge in [-0.25, -0.2) is 0 Å². The van der Waals surface area contributed by atoms with Crippen LogP contribution in [0, 0.1) is 10.1 Å². The summed E-state index contributed by atoms with van der Waals surface area (Å²) in [6, 6.07) is 5.40. The second kappa shape index (κ2) is 5.09. The first-order valence-electron chi connectivity index (χ1n) is 6.71. The Morgan fingerprint density at radius 2 is 2.45 bits per heavy atom. The first kappa shape index (κ1) is 12.9. The number of nitro benzene ring substituents is 1. The highest BCUT2D eigenvalue weighted by atomic mass is 16.6. The Balaban J connectivity index is 1.96. The Labute approximate surface area is 115 Å². The Kier molecular flexibility index (Phi) is 3.27. The topological polar surface area (TPSA) is 84.4 Å². The third kappa shape index (κ3) is 2.20. The molecule has 1 saturated heterocycles. The number of likely N-dealkylation sites (N-methyl/N-ethyl adjacent to an activating group) is 1. The van der Waals surface area contributed by atoms with Crippen molar-refractivity contribution in [2.75, 3.05) is 24.5 Å². The number of non-ortho nitro benzene ring substituents is 1. The van der Waals surface area contributed by atoms with Gasteiger partial charge in [-0.3, -0.25) is 10.1 Å². The van der Waals surface area contributed by atoms with Crippen LogP contribution in [0.3, 0.4) is 0 Å². The molecule has 2 aromatic rings. The molecule has 0 saturated carbocycles. The average Bonchev–Trinajstić information content (AvgIpc) is 3.07. The van der Waals surface area contributed by atoms with Gasteiger partial charge in [0.2, 0.25) is 0 Å². The lowest BCUT2D eigenvalue weighted by atomic mass is 10.2. The lowest BCUT2D eigenvalue weighted by Crippen LogP contribution is -2.36. The summed E-state index contributed by atoms with van der Waals surface area (Å²) >= 11 is 0. The van der Waals surface area contributed by atoms with Crippen LogP contribution in [0.2, 0.25) is 0 Å². The van der Waals surface area contributed by atoms with Gasteiger partial charge < -0.3 is 14.6 Å². The van der Waals surface area contributed by atoms with E-state index in [9.17, 15) is 10.1 Å². The number of benzene rings is 1. The van der Waals surface area contributed by atoms with E-state index in [-0.39, 0.29) is 5.69 Å². The van der Waals surface area contributed by atoms with E-state index in [1.807, 2.05) is 0 Å². The highest BCUT2D eigenvalue weighted by molar-refractivity contribution is 5.77. The molecule has 3 rings (SSSR count). The summed E-state index contributed by atoms with van der Waals surface area (Å²) < 4.78 is 5.71. The number of rotatable bonds is 4. The molecule has 0 amide bonds. The molecule has 7 nitrogen and oxygen atoms in total. The molecular formula is C13H16N4O3. The molecule has 1 aromatic carbocycles. The first-order valence-corrected chi connectivity index (χ1v) is 6.71. The van der Waals surface area contributed by atoms with Gasteiger partial charge in [-0.05, 0) is 26.0 Å². The van der Waals surface area contributed by atoms with E-state index < -0.39 is 4.92 Å². The number of fused-ring (bicyclic) bond motifs is 1. The summed E-state index contributed by atoms with van der Waals surface area (Å²) in [7, 11) is 0. The number of nitro groups is 1. The third-order valence-electron chi connectivity index (χ3n) is 3.63. The largest absolute Gasteiger partial charge is 0.423 e. The predicted octanol–water partition coefficient (Wildman–Crippen LogP) is 1.92. The van der Waals surface area contributed by atoms with E-state index in [2.05, 4.69) is 22.1 Å². The number of nitrogens with zero attached hydrogens (tertiary/aromatic N) is 3. The zero-order valence-corrected chi connectivity index (χ0v) is 11.2. The van der Waals surface area contributed by atoms with Crippen molar-refractivity contribution in [3.8, 4) is 0 Å². The third-order valence-corrected chi connectivity index (χ3v) is 3.63. The predicted molar refractivity (Wildman–Crippen MR) is 75.0 cm³/mol. The molecule has 0 bridgehead atoms. The summed E-state index contributed by atoms with van der Waals surface area (Å²) in [4.78, 5) is 16.9. The van der Waals surface area contributed by atoms with Crippen molar-refractivity contribution in [2.24, 2.45) is 0 Å². The van der Waals surface area contributed by atoms with E-state index in [0.29, 0.717) is 23.2 Å². The highest BCUT2D eigenvalue weighted by Gasteiger charge is 2.25. The molecular weight excluding hydrogens is 260 g/mol. The van der Waals surface area contributed by atoms with Crippen molar-refractivity contribution in [3.05, 3.63) is 28.3 Å². The standard InChI is InChI=1S/C13H16N4O3/c1-2-16(10-5-6-14-8-10)13-15-11-4-3-9(17(18)19)7-12(11)20-13/h3-4,7,10,14H,2,5-6,8H2,1H3. The molecule has 1 fully saturated rings. The molecule has 1 aliphatic rings. The number of aromatic nitrogens is 1. The van der Waals surface area contributed by atoms with Gasteiger partial charge in [0, 0.05) is 25.2 Å². The number of oxazole rings is 1. The summed E-state index contributed by atoms with van der Waals surface area (Å²) in [6.07, 6.45) is 1.05. The van der Waals surface area contributed by atoms with E-state index >= 15 is 0 Å². The second-order valence-electron chi connectivity index (χ2n) is 4.84. The quantitative estimate of drug-likeness (QED) is 0.678. The van der Waals surface area contributed by atoms with Crippen molar-refractivity contribution in [1.29, 1.82) is 0 Å². The molecule has 1 aromatic heterocycles. The van der Waals surface area contributed by atoms with Gasteiger partial charge in [0.25, 0.3) is 11.7 Å². The molecule has 0 radical (unpaired) electrons. The van der Waals surface area contributed by atoms with Crippen LogP contribution in [0.5, 0.6) is 0 Å². The van der Waals surface area contributed by atoms with Gasteiger partial charge in [0.1, 0.15) is 5.52 Å². The van der Waals surface area contributed by atoms with Crippen molar-refractivity contribution in [1.82, 2.24) is 10.3 Å². The summed E-state index contributed by atoms with van der Waals surface area (Å²) in [5, 5.41) is 14.1. The maximum absolute atomic E-state index is 10.8. The van der Waals surface area contributed by atoms with Crippen LogP contribution < -0.4 is 10.2 Å². The molecule has 20 heavy (non-hydrogen) atoms. The minimum atomic E-state index is -0.430. The van der Waals surface area contributed by atoms with Crippen LogP contribution in [0.25, 0.3) is 11.1 Å². The normalized spacial score (nSPS) is 18.6. The van der Waals surface area contributed by atoms with Crippen molar-refractivity contribution in [2.45, 2.75) is 19.4 Å². The number of hydrogen-bond acceptors (Lipinski definition) is 6. The smallest absolute Gasteiger partial charge is 0.298 e. The van der Waals surface area contributed by atoms with E-state index in [0.717, 1.165) is 26.1 Å². The molecule has 1 unspecified atom stereocenters. The Bertz CT molecular complexity index is 634. The monoisotopic (exact) mass is 276 g/mol. The molecule has 1 atom stereocenters. The average molecular weight is 276 g/mol. The highest BCUT2D eigenvalue weighted by Crippen LogP contribution is 2.27. The van der Waals surface area contributed by atoms with Gasteiger partial charge in [0.05, 0.1) is 11.0 Å². The molecule has 0 spiro atoms. The maximum atomic E-state index is 10.8. The first-order chi connectivity index (χ1) is 9.69. The van der Waals surface area contributed by atoms with Crippen molar-refractivity contribution in [3.63, 3.8) is 0 Å². The van der Waals surface area contributed by atoms with E-state index in [4.69, 9.17) is 4.42 Å². The lowest BCUT2D eigenvalue weighted by Gasteiger charge is -2.24. The summed E-state index contributed by atoms with van der Waals surface area (Å²) in [5.41, 5.74) is 1.12. The van der Waals surface area contributed by atoms with Crippen LogP contribution in [-0.4, -0.2) is 35.6 Å². The fraction of sp³-hybridized carbons (Fsp3) is 0.462. The van der Waals surface area contributed by atoms with Gasteiger partial charge in [0.15, 0.2) is 5.58 Å². The molecule has 1 N–H and O–H groups in total. The SMILES string of the molecule is CCN(c1nc2ccc([N+](=O)[O-])cc2o1)C1CCNC1. The fourth-order valence-corrected chi connectivity index (χ4v) is 2.59. The number of anilines is 1. The Morgan fingerprint density at radius 3 is 3.10 bits per heavy atom. The van der Waals surface area contributed by atoms with E-state index in [1.54, 1.807) is 6.07 Å². The number of hydrogen-bond donors (Lipinski definition) is 1. The van der Waals surface area contributed by atoms with Gasteiger partial charge >= 0.3 is 0 Å². The van der Waals surface area contributed by atoms with Crippen molar-refractivity contribution < 1.29 is 9.34 Å².